The first-order chi connectivity index (χ1) is 6.81. The molecule has 1 heterocycles. The fraction of sp³-hybridized carbons (Fsp3) is 0.0909. The van der Waals surface area contributed by atoms with Gasteiger partial charge in [-0.25, -0.2) is 0 Å². The molecule has 68 valence electrons. The zero-order chi connectivity index (χ0) is 9.97. The Hall–Kier alpha value is -2.08. The van der Waals surface area contributed by atoms with Crippen LogP contribution in [-0.4, -0.2) is 10.1 Å². The second-order valence-electron chi connectivity index (χ2n) is 3.01. The number of fused-ring (bicyclic) bond motifs is 1. The van der Waals surface area contributed by atoms with E-state index in [9.17, 15) is 5.11 Å². The Labute approximate surface area is 81.2 Å². The molecule has 1 N–H and O–H groups in total. The standard InChI is InChI=1S/C11H8N2O/c12-5-4-8-2-1-3-11-10(8)6-9(14)7-13-11/h1-3,6-7,14H,4H2. The quantitative estimate of drug-likeness (QED) is 0.737. The lowest BCUT2D eigenvalue weighted by atomic mass is 10.1. The molecule has 0 amide bonds. The number of aromatic nitrogens is 1. The topological polar surface area (TPSA) is 56.9 Å². The molecule has 0 aliphatic rings. The molecule has 0 aliphatic carbocycles. The highest BCUT2D eigenvalue weighted by atomic mass is 16.3. The molecular formula is C11H8N2O. The van der Waals surface area contributed by atoms with Gasteiger partial charge in [-0.1, -0.05) is 12.1 Å². The Balaban J connectivity index is 2.72. The van der Waals surface area contributed by atoms with Crippen LogP contribution in [0.25, 0.3) is 10.9 Å². The molecule has 0 saturated heterocycles. The van der Waals surface area contributed by atoms with Gasteiger partial charge in [-0.15, -0.1) is 0 Å². The Morgan fingerprint density at radius 1 is 1.43 bits per heavy atom. The second-order valence-corrected chi connectivity index (χ2v) is 3.01. The van der Waals surface area contributed by atoms with Gasteiger partial charge in [0.25, 0.3) is 0 Å². The molecule has 14 heavy (non-hydrogen) atoms. The predicted octanol–water partition coefficient (Wildman–Crippen LogP) is 2.01. The minimum absolute atomic E-state index is 0.128. The van der Waals surface area contributed by atoms with Gasteiger partial charge in [0.1, 0.15) is 5.75 Å². The van der Waals surface area contributed by atoms with Crippen LogP contribution in [0.2, 0.25) is 0 Å². The lowest BCUT2D eigenvalue weighted by molar-refractivity contribution is 0.474. The van der Waals surface area contributed by atoms with Crippen molar-refractivity contribution in [1.29, 1.82) is 5.26 Å². The van der Waals surface area contributed by atoms with Crippen molar-refractivity contribution in [3.8, 4) is 11.8 Å². The van der Waals surface area contributed by atoms with Gasteiger partial charge >= 0.3 is 0 Å². The van der Waals surface area contributed by atoms with Crippen LogP contribution in [0.5, 0.6) is 5.75 Å². The van der Waals surface area contributed by atoms with Gasteiger partial charge < -0.3 is 5.11 Å². The van der Waals surface area contributed by atoms with Gasteiger partial charge in [0.05, 0.1) is 24.2 Å². The molecule has 0 spiro atoms. The van der Waals surface area contributed by atoms with Crippen molar-refractivity contribution in [3.63, 3.8) is 0 Å². The predicted molar refractivity (Wildman–Crippen MR) is 52.7 cm³/mol. The third kappa shape index (κ3) is 1.38. The smallest absolute Gasteiger partial charge is 0.134 e. The van der Waals surface area contributed by atoms with E-state index >= 15 is 0 Å². The molecule has 3 nitrogen and oxygen atoms in total. The van der Waals surface area contributed by atoms with E-state index in [-0.39, 0.29) is 5.75 Å². The van der Waals surface area contributed by atoms with Crippen molar-refractivity contribution in [2.75, 3.05) is 0 Å². The largest absolute Gasteiger partial charge is 0.506 e. The number of benzene rings is 1. The van der Waals surface area contributed by atoms with Crippen LogP contribution in [-0.2, 0) is 6.42 Å². The fourth-order valence-corrected chi connectivity index (χ4v) is 1.44. The molecule has 0 aliphatic heterocycles. The summed E-state index contributed by atoms with van der Waals surface area (Å²) in [6.07, 6.45) is 1.74. The number of rotatable bonds is 1. The van der Waals surface area contributed by atoms with Crippen LogP contribution >= 0.6 is 0 Å². The van der Waals surface area contributed by atoms with Crippen molar-refractivity contribution in [2.24, 2.45) is 0 Å². The summed E-state index contributed by atoms with van der Waals surface area (Å²) in [6.45, 7) is 0. The molecular weight excluding hydrogens is 176 g/mol. The molecule has 2 aromatic rings. The molecule has 1 aromatic heterocycles. The first-order valence-electron chi connectivity index (χ1n) is 4.25. The van der Waals surface area contributed by atoms with Gasteiger partial charge in [0, 0.05) is 5.39 Å². The van der Waals surface area contributed by atoms with Crippen LogP contribution in [0.4, 0.5) is 0 Å². The van der Waals surface area contributed by atoms with Crippen LogP contribution in [0.15, 0.2) is 30.5 Å². The molecule has 2 rings (SSSR count). The maximum absolute atomic E-state index is 9.28. The molecule has 0 radical (unpaired) electrons. The van der Waals surface area contributed by atoms with E-state index in [1.54, 1.807) is 6.07 Å². The summed E-state index contributed by atoms with van der Waals surface area (Å²) >= 11 is 0. The molecule has 3 heteroatoms. The Morgan fingerprint density at radius 2 is 2.29 bits per heavy atom. The number of nitrogens with zero attached hydrogens (tertiary/aromatic N) is 2. The molecule has 0 saturated carbocycles. The fourth-order valence-electron chi connectivity index (χ4n) is 1.44. The molecule has 0 fully saturated rings. The zero-order valence-corrected chi connectivity index (χ0v) is 7.44. The monoisotopic (exact) mass is 184 g/mol. The van der Waals surface area contributed by atoms with Gasteiger partial charge in [-0.3, -0.25) is 4.98 Å². The van der Waals surface area contributed by atoms with Gasteiger partial charge in [-0.2, -0.15) is 5.26 Å². The van der Waals surface area contributed by atoms with E-state index in [0.717, 1.165) is 16.5 Å². The van der Waals surface area contributed by atoms with Crippen molar-refractivity contribution in [2.45, 2.75) is 6.42 Å². The third-order valence-electron chi connectivity index (χ3n) is 2.07. The molecule has 0 unspecified atom stereocenters. The van der Waals surface area contributed by atoms with E-state index in [2.05, 4.69) is 11.1 Å². The van der Waals surface area contributed by atoms with Crippen molar-refractivity contribution >= 4 is 10.9 Å². The maximum atomic E-state index is 9.28. The Kier molecular flexibility index (Phi) is 2.04. The van der Waals surface area contributed by atoms with Crippen molar-refractivity contribution < 1.29 is 5.11 Å². The first kappa shape index (κ1) is 8.52. The van der Waals surface area contributed by atoms with Crippen molar-refractivity contribution in [1.82, 2.24) is 4.98 Å². The molecule has 0 atom stereocenters. The van der Waals surface area contributed by atoms with Crippen LogP contribution in [0.1, 0.15) is 5.56 Å². The zero-order valence-electron chi connectivity index (χ0n) is 7.44. The first-order valence-corrected chi connectivity index (χ1v) is 4.25. The SMILES string of the molecule is N#CCc1cccc2ncc(O)cc12. The van der Waals surface area contributed by atoms with E-state index in [0.29, 0.717) is 6.42 Å². The van der Waals surface area contributed by atoms with Crippen LogP contribution < -0.4 is 0 Å². The highest BCUT2D eigenvalue weighted by Gasteiger charge is 2.01. The van der Waals surface area contributed by atoms with Crippen molar-refractivity contribution in [3.05, 3.63) is 36.0 Å². The van der Waals surface area contributed by atoms with Gasteiger partial charge in [0.15, 0.2) is 0 Å². The summed E-state index contributed by atoms with van der Waals surface area (Å²) in [5.74, 6) is 0.128. The number of aromatic hydroxyl groups is 1. The Bertz CT molecular complexity index is 514. The summed E-state index contributed by atoms with van der Waals surface area (Å²) < 4.78 is 0. The normalized spacial score (nSPS) is 9.93. The minimum atomic E-state index is 0.128. The lowest BCUT2D eigenvalue weighted by Crippen LogP contribution is -1.86. The highest BCUT2D eigenvalue weighted by molar-refractivity contribution is 5.83. The van der Waals surface area contributed by atoms with E-state index < -0.39 is 0 Å². The third-order valence-corrected chi connectivity index (χ3v) is 2.07. The number of hydrogen-bond acceptors (Lipinski definition) is 3. The number of nitriles is 1. The average molecular weight is 184 g/mol. The van der Waals surface area contributed by atoms with E-state index in [1.165, 1.54) is 6.20 Å². The van der Waals surface area contributed by atoms with Crippen LogP contribution in [0, 0.1) is 11.3 Å². The number of pyridine rings is 1. The summed E-state index contributed by atoms with van der Waals surface area (Å²) in [5.41, 5.74) is 1.70. The summed E-state index contributed by atoms with van der Waals surface area (Å²) in [7, 11) is 0. The van der Waals surface area contributed by atoms with E-state index in [4.69, 9.17) is 5.26 Å². The summed E-state index contributed by atoms with van der Waals surface area (Å²) in [6, 6.07) is 9.30. The average Bonchev–Trinajstić information content (AvgIpc) is 2.19. The molecule has 0 bridgehead atoms. The molecule has 1 aromatic carbocycles. The summed E-state index contributed by atoms with van der Waals surface area (Å²) in [4.78, 5) is 4.06. The van der Waals surface area contributed by atoms with Crippen LogP contribution in [0.3, 0.4) is 0 Å². The highest BCUT2D eigenvalue weighted by Crippen LogP contribution is 2.21. The number of hydrogen-bond donors (Lipinski definition) is 1. The van der Waals surface area contributed by atoms with Gasteiger partial charge in [0.2, 0.25) is 0 Å². The minimum Gasteiger partial charge on any atom is -0.506 e. The Morgan fingerprint density at radius 3 is 3.07 bits per heavy atom. The second kappa shape index (κ2) is 3.35. The lowest BCUT2D eigenvalue weighted by Gasteiger charge is -2.02. The van der Waals surface area contributed by atoms with E-state index in [1.807, 2.05) is 18.2 Å². The summed E-state index contributed by atoms with van der Waals surface area (Å²) in [5, 5.41) is 18.7. The maximum Gasteiger partial charge on any atom is 0.134 e. The van der Waals surface area contributed by atoms with Gasteiger partial charge in [-0.05, 0) is 17.7 Å².